The van der Waals surface area contributed by atoms with E-state index >= 15 is 0 Å². The molecule has 0 atom stereocenters. The number of hydrogen-bond donors (Lipinski definition) is 6. The zero-order valence-corrected chi connectivity index (χ0v) is 23.1. The average molecular weight is 505 g/mol. The first-order valence-electron chi connectivity index (χ1n) is 14.6. The predicted molar refractivity (Wildman–Crippen MR) is 155 cm³/mol. The molecule has 36 heavy (non-hydrogen) atoms. The van der Waals surface area contributed by atoms with Crippen LogP contribution in [0, 0.1) is 0 Å². The van der Waals surface area contributed by atoms with Gasteiger partial charge in [-0.2, -0.15) is 0 Å². The summed E-state index contributed by atoms with van der Waals surface area (Å²) in [5.41, 5.74) is 8.44. The molecule has 1 heterocycles. The molecule has 208 valence electrons. The molecule has 1 aliphatic heterocycles. The minimum Gasteiger partial charge on any atom is -0.330 e. The third-order valence-corrected chi connectivity index (χ3v) is 6.69. The van der Waals surface area contributed by atoms with Crippen LogP contribution in [-0.4, -0.2) is 108 Å². The van der Waals surface area contributed by atoms with Crippen LogP contribution in [0.4, 0.5) is 0 Å². The fourth-order valence-corrected chi connectivity index (χ4v) is 4.55. The molecule has 1 aromatic carbocycles. The Kier molecular flexibility index (Phi) is 19.0. The van der Waals surface area contributed by atoms with Crippen LogP contribution in [0.2, 0.25) is 0 Å². The molecule has 7 N–H and O–H groups in total. The van der Waals surface area contributed by atoms with Gasteiger partial charge in [0.1, 0.15) is 0 Å². The van der Waals surface area contributed by atoms with E-state index in [1.165, 1.54) is 30.4 Å². The lowest BCUT2D eigenvalue weighted by Crippen LogP contribution is -2.36. The predicted octanol–water partition coefficient (Wildman–Crippen LogP) is 0.791. The summed E-state index contributed by atoms with van der Waals surface area (Å²) in [5.74, 6) is 0. The van der Waals surface area contributed by atoms with E-state index in [9.17, 15) is 0 Å². The molecule has 0 unspecified atom stereocenters. The Hall–Kier alpha value is -1.10. The largest absolute Gasteiger partial charge is 0.330 e. The maximum absolute atomic E-state index is 5.62. The Bertz CT molecular complexity index is 572. The molecule has 0 aromatic heterocycles. The number of benzene rings is 1. The van der Waals surface area contributed by atoms with Gasteiger partial charge in [-0.3, -0.25) is 9.80 Å². The van der Waals surface area contributed by atoms with E-state index < -0.39 is 0 Å². The van der Waals surface area contributed by atoms with Gasteiger partial charge in [0.2, 0.25) is 0 Å². The minimum absolute atomic E-state index is 0.758. The Balaban J connectivity index is 1.83. The van der Waals surface area contributed by atoms with Crippen molar-refractivity contribution < 1.29 is 0 Å². The first-order chi connectivity index (χ1) is 17.8. The van der Waals surface area contributed by atoms with E-state index in [0.717, 1.165) is 118 Å². The van der Waals surface area contributed by atoms with Crippen molar-refractivity contribution >= 4 is 0 Å². The van der Waals surface area contributed by atoms with Crippen LogP contribution in [-0.2, 0) is 13.1 Å². The van der Waals surface area contributed by atoms with Crippen LogP contribution in [0.1, 0.15) is 43.7 Å². The molecule has 0 aliphatic carbocycles. The van der Waals surface area contributed by atoms with Gasteiger partial charge in [-0.15, -0.1) is 0 Å². The summed E-state index contributed by atoms with van der Waals surface area (Å²) in [6, 6.07) is 9.36. The summed E-state index contributed by atoms with van der Waals surface area (Å²) in [6.07, 6.45) is 4.61. The molecule has 0 bridgehead atoms. The second-order valence-electron chi connectivity index (χ2n) is 9.93. The molecule has 8 nitrogen and oxygen atoms in total. The highest BCUT2D eigenvalue weighted by molar-refractivity contribution is 5.22. The third-order valence-electron chi connectivity index (χ3n) is 6.69. The van der Waals surface area contributed by atoms with E-state index in [0.29, 0.717) is 0 Å². The lowest BCUT2D eigenvalue weighted by molar-refractivity contribution is 0.258. The SMILES string of the molecule is CCNCCCN(CCNCCCN)Cc1ccc(CN2CCCNCCNCCCNCC2)cc1. The fraction of sp³-hybridized carbons (Fsp3) is 0.786. The van der Waals surface area contributed by atoms with Gasteiger partial charge in [0.25, 0.3) is 0 Å². The Morgan fingerprint density at radius 1 is 0.778 bits per heavy atom. The molecular weight excluding hydrogens is 448 g/mol. The highest BCUT2D eigenvalue weighted by Gasteiger charge is 2.09. The zero-order valence-electron chi connectivity index (χ0n) is 23.1. The smallest absolute Gasteiger partial charge is 0.0234 e. The molecule has 0 amide bonds. The summed E-state index contributed by atoms with van der Waals surface area (Å²) < 4.78 is 0. The van der Waals surface area contributed by atoms with Crippen LogP contribution in [0.25, 0.3) is 0 Å². The van der Waals surface area contributed by atoms with Gasteiger partial charge in [-0.1, -0.05) is 31.2 Å². The summed E-state index contributed by atoms with van der Waals surface area (Å²) >= 11 is 0. The molecule has 0 spiro atoms. The number of nitrogens with one attached hydrogen (secondary N) is 5. The van der Waals surface area contributed by atoms with E-state index in [2.05, 4.69) is 67.6 Å². The molecule has 1 saturated heterocycles. The van der Waals surface area contributed by atoms with Gasteiger partial charge in [0.05, 0.1) is 0 Å². The minimum atomic E-state index is 0.758. The summed E-state index contributed by atoms with van der Waals surface area (Å²) in [7, 11) is 0. The maximum atomic E-state index is 5.62. The van der Waals surface area contributed by atoms with Gasteiger partial charge < -0.3 is 32.3 Å². The van der Waals surface area contributed by atoms with Crippen molar-refractivity contribution in [3.63, 3.8) is 0 Å². The first kappa shape index (κ1) is 31.1. The number of nitrogens with zero attached hydrogens (tertiary/aromatic N) is 2. The van der Waals surface area contributed by atoms with E-state index in [4.69, 9.17) is 5.73 Å². The third kappa shape index (κ3) is 15.9. The lowest BCUT2D eigenvalue weighted by atomic mass is 10.1. The molecule has 0 radical (unpaired) electrons. The van der Waals surface area contributed by atoms with Crippen LogP contribution in [0.5, 0.6) is 0 Å². The molecule has 1 fully saturated rings. The quantitative estimate of drug-likeness (QED) is 0.195. The van der Waals surface area contributed by atoms with Gasteiger partial charge >= 0.3 is 0 Å². The van der Waals surface area contributed by atoms with Crippen molar-refractivity contribution in [2.24, 2.45) is 5.73 Å². The van der Waals surface area contributed by atoms with E-state index in [1.54, 1.807) is 0 Å². The summed E-state index contributed by atoms with van der Waals surface area (Å²) in [5, 5.41) is 17.7. The molecule has 2 rings (SSSR count). The van der Waals surface area contributed by atoms with Crippen LogP contribution >= 0.6 is 0 Å². The van der Waals surface area contributed by atoms with Crippen LogP contribution in [0.15, 0.2) is 24.3 Å². The number of nitrogens with two attached hydrogens (primary N) is 1. The van der Waals surface area contributed by atoms with Crippen LogP contribution < -0.4 is 32.3 Å². The fourth-order valence-electron chi connectivity index (χ4n) is 4.55. The van der Waals surface area contributed by atoms with Crippen molar-refractivity contribution in [1.82, 2.24) is 36.4 Å². The molecule has 1 aliphatic rings. The molecule has 1 aromatic rings. The topological polar surface area (TPSA) is 92.6 Å². The first-order valence-corrected chi connectivity index (χ1v) is 14.6. The Morgan fingerprint density at radius 3 is 2.22 bits per heavy atom. The van der Waals surface area contributed by atoms with E-state index in [-0.39, 0.29) is 0 Å². The second-order valence-corrected chi connectivity index (χ2v) is 9.93. The summed E-state index contributed by atoms with van der Waals surface area (Å²) in [6.45, 7) is 20.0. The molecule has 0 saturated carbocycles. The normalized spacial score (nSPS) is 17.3. The summed E-state index contributed by atoms with van der Waals surface area (Å²) in [4.78, 5) is 5.19. The van der Waals surface area contributed by atoms with Crippen molar-refractivity contribution in [1.29, 1.82) is 0 Å². The van der Waals surface area contributed by atoms with E-state index in [1.807, 2.05) is 0 Å². The molecule has 8 heteroatoms. The molecular formula is C28H56N8. The van der Waals surface area contributed by atoms with Crippen molar-refractivity contribution in [2.45, 2.75) is 45.7 Å². The van der Waals surface area contributed by atoms with Crippen molar-refractivity contribution in [3.05, 3.63) is 35.4 Å². The van der Waals surface area contributed by atoms with Crippen molar-refractivity contribution in [2.75, 3.05) is 98.2 Å². The Labute approximate surface area is 221 Å². The zero-order chi connectivity index (χ0) is 25.5. The van der Waals surface area contributed by atoms with Gasteiger partial charge in [-0.25, -0.2) is 0 Å². The van der Waals surface area contributed by atoms with Crippen molar-refractivity contribution in [3.8, 4) is 0 Å². The monoisotopic (exact) mass is 504 g/mol. The Morgan fingerprint density at radius 2 is 1.47 bits per heavy atom. The van der Waals surface area contributed by atoms with Gasteiger partial charge in [0.15, 0.2) is 0 Å². The second kappa shape index (κ2) is 21.9. The van der Waals surface area contributed by atoms with Gasteiger partial charge in [0, 0.05) is 52.4 Å². The number of rotatable bonds is 15. The average Bonchev–Trinajstić information content (AvgIpc) is 2.89. The highest BCUT2D eigenvalue weighted by Crippen LogP contribution is 2.11. The van der Waals surface area contributed by atoms with Gasteiger partial charge in [-0.05, 0) is 95.7 Å². The maximum Gasteiger partial charge on any atom is 0.0234 e. The van der Waals surface area contributed by atoms with Crippen LogP contribution in [0.3, 0.4) is 0 Å². The lowest BCUT2D eigenvalue weighted by Gasteiger charge is -2.24. The standard InChI is InChI=1S/C28H56N8/c1-2-30-15-5-21-35(23-19-33-12-3-11-29)25-27-7-9-28(10-8-27)26-36-22-6-16-32-18-17-31-13-4-14-34-20-24-36/h7-10,30-34H,2-6,11-26,29H2,1H3. The number of hydrogen-bond acceptors (Lipinski definition) is 8. The highest BCUT2D eigenvalue weighted by atomic mass is 15.1.